The van der Waals surface area contributed by atoms with Gasteiger partial charge in [0.15, 0.2) is 0 Å². The highest BCUT2D eigenvalue weighted by Crippen LogP contribution is 2.23. The molecule has 0 saturated heterocycles. The Morgan fingerprint density at radius 2 is 1.41 bits per heavy atom. The number of methoxy groups -OCH3 is 1. The summed E-state index contributed by atoms with van der Waals surface area (Å²) in [5.41, 5.74) is 7.16. The van der Waals surface area contributed by atoms with Crippen LogP contribution in [0.3, 0.4) is 0 Å². The minimum Gasteiger partial charge on any atom is -0.491 e. The maximum Gasteiger partial charge on any atom is 0.339 e. The van der Waals surface area contributed by atoms with Gasteiger partial charge in [-0.1, -0.05) is 24.3 Å². The number of hydrogen-bond donors (Lipinski definition) is 2. The maximum absolute atomic E-state index is 12.4. The fourth-order valence-electron chi connectivity index (χ4n) is 2.94. The fraction of sp³-hybridized carbons (Fsp3) is 0.200. The van der Waals surface area contributed by atoms with E-state index in [9.17, 15) is 14.4 Å². The van der Waals surface area contributed by atoms with Crippen LogP contribution in [0.5, 0.6) is 5.75 Å². The Balaban J connectivity index is 1.52. The van der Waals surface area contributed by atoms with Gasteiger partial charge in [-0.05, 0) is 54.4 Å². The molecule has 0 saturated carbocycles. The van der Waals surface area contributed by atoms with E-state index in [2.05, 4.69) is 20.6 Å². The first kappa shape index (κ1) is 24.4. The third kappa shape index (κ3) is 6.63. The highest BCUT2D eigenvalue weighted by atomic mass is 16.5. The zero-order valence-corrected chi connectivity index (χ0v) is 18.9. The molecule has 0 aliphatic carbocycles. The molecule has 9 nitrogen and oxygen atoms in total. The standard InChI is InChI=1S/C25H25N3O6/c1-3-33-14-15-34-21-11-8-18(9-12-21)17-4-6-19(7-5-17)23(29)27-28-24(30)22-13-10-20(16-26-22)25(31)32-2/h4-13,16H,3,14-15H2,1-2H3,(H,27,29)(H,28,30). The van der Waals surface area contributed by atoms with E-state index in [0.29, 0.717) is 25.4 Å². The second-order valence-electron chi connectivity index (χ2n) is 6.98. The first-order chi connectivity index (χ1) is 16.5. The molecule has 0 aliphatic rings. The third-order valence-corrected chi connectivity index (χ3v) is 4.74. The second kappa shape index (κ2) is 12.1. The van der Waals surface area contributed by atoms with Gasteiger partial charge >= 0.3 is 5.97 Å². The van der Waals surface area contributed by atoms with Crippen LogP contribution < -0.4 is 15.6 Å². The van der Waals surface area contributed by atoms with Crippen molar-refractivity contribution < 1.29 is 28.6 Å². The van der Waals surface area contributed by atoms with Crippen LogP contribution in [-0.4, -0.2) is 49.7 Å². The number of aromatic nitrogens is 1. The van der Waals surface area contributed by atoms with E-state index >= 15 is 0 Å². The third-order valence-electron chi connectivity index (χ3n) is 4.74. The average Bonchev–Trinajstić information content (AvgIpc) is 2.89. The molecule has 2 N–H and O–H groups in total. The number of ether oxygens (including phenoxy) is 3. The summed E-state index contributed by atoms with van der Waals surface area (Å²) >= 11 is 0. The molecule has 3 aromatic rings. The van der Waals surface area contributed by atoms with Crippen LogP contribution in [0, 0.1) is 0 Å². The monoisotopic (exact) mass is 463 g/mol. The summed E-state index contributed by atoms with van der Waals surface area (Å²) in [5, 5.41) is 0. The van der Waals surface area contributed by atoms with Gasteiger partial charge in [-0.3, -0.25) is 25.4 Å². The molecule has 0 aliphatic heterocycles. The molecule has 3 rings (SSSR count). The summed E-state index contributed by atoms with van der Waals surface area (Å²) in [4.78, 5) is 39.9. The number of carbonyl (C=O) groups is 3. The number of nitrogens with zero attached hydrogens (tertiary/aromatic N) is 1. The molecular weight excluding hydrogens is 438 g/mol. The molecule has 2 aromatic carbocycles. The van der Waals surface area contributed by atoms with E-state index in [0.717, 1.165) is 16.9 Å². The molecule has 0 bridgehead atoms. The summed E-state index contributed by atoms with van der Waals surface area (Å²) in [7, 11) is 1.25. The summed E-state index contributed by atoms with van der Waals surface area (Å²) in [6.07, 6.45) is 1.22. The lowest BCUT2D eigenvalue weighted by Crippen LogP contribution is -2.41. The first-order valence-corrected chi connectivity index (χ1v) is 10.6. The fourth-order valence-corrected chi connectivity index (χ4v) is 2.94. The normalized spacial score (nSPS) is 10.3. The molecule has 176 valence electrons. The van der Waals surface area contributed by atoms with Crippen LogP contribution in [0.15, 0.2) is 66.9 Å². The Morgan fingerprint density at radius 1 is 0.794 bits per heavy atom. The van der Waals surface area contributed by atoms with Crippen LogP contribution in [0.1, 0.15) is 38.1 Å². The lowest BCUT2D eigenvalue weighted by atomic mass is 10.0. The van der Waals surface area contributed by atoms with Crippen LogP contribution in [0.2, 0.25) is 0 Å². The predicted molar refractivity (Wildman–Crippen MR) is 124 cm³/mol. The van der Waals surface area contributed by atoms with E-state index in [4.69, 9.17) is 9.47 Å². The molecule has 34 heavy (non-hydrogen) atoms. The maximum atomic E-state index is 12.4. The van der Waals surface area contributed by atoms with E-state index in [-0.39, 0.29) is 11.3 Å². The molecule has 0 radical (unpaired) electrons. The van der Waals surface area contributed by atoms with E-state index in [1.807, 2.05) is 43.3 Å². The van der Waals surface area contributed by atoms with Crippen molar-refractivity contribution in [3.05, 3.63) is 83.7 Å². The Morgan fingerprint density at radius 3 is 2.00 bits per heavy atom. The van der Waals surface area contributed by atoms with Crippen molar-refractivity contribution in [2.24, 2.45) is 0 Å². The largest absolute Gasteiger partial charge is 0.491 e. The van der Waals surface area contributed by atoms with Crippen LogP contribution in [-0.2, 0) is 9.47 Å². The Labute approximate surface area is 197 Å². The number of benzene rings is 2. The smallest absolute Gasteiger partial charge is 0.339 e. The summed E-state index contributed by atoms with van der Waals surface area (Å²) in [5.74, 6) is -0.906. The minimum absolute atomic E-state index is 0.0358. The van der Waals surface area contributed by atoms with Crippen molar-refractivity contribution in [1.82, 2.24) is 15.8 Å². The lowest BCUT2D eigenvalue weighted by molar-refractivity contribution is 0.0599. The zero-order valence-electron chi connectivity index (χ0n) is 18.9. The number of pyridine rings is 1. The molecule has 0 atom stereocenters. The Bertz CT molecular complexity index is 1110. The van der Waals surface area contributed by atoms with Crippen LogP contribution in [0.4, 0.5) is 0 Å². The number of amides is 2. The molecule has 1 aromatic heterocycles. The average molecular weight is 463 g/mol. The molecule has 1 heterocycles. The molecular formula is C25H25N3O6. The van der Waals surface area contributed by atoms with Gasteiger partial charge in [0.1, 0.15) is 18.1 Å². The van der Waals surface area contributed by atoms with Crippen LogP contribution >= 0.6 is 0 Å². The summed E-state index contributed by atoms with van der Waals surface area (Å²) < 4.78 is 15.4. The van der Waals surface area contributed by atoms with E-state index in [1.54, 1.807) is 12.1 Å². The van der Waals surface area contributed by atoms with Gasteiger partial charge in [-0.25, -0.2) is 4.79 Å². The SMILES string of the molecule is CCOCCOc1ccc(-c2ccc(C(=O)NNC(=O)c3ccc(C(=O)OC)cn3)cc2)cc1. The Hall–Kier alpha value is -4.24. The topological polar surface area (TPSA) is 116 Å². The first-order valence-electron chi connectivity index (χ1n) is 10.6. The molecule has 0 fully saturated rings. The van der Waals surface area contributed by atoms with Crippen molar-refractivity contribution >= 4 is 17.8 Å². The van der Waals surface area contributed by atoms with Gasteiger partial charge in [0.05, 0.1) is 19.3 Å². The van der Waals surface area contributed by atoms with Crippen molar-refractivity contribution in [3.8, 4) is 16.9 Å². The molecule has 9 heteroatoms. The van der Waals surface area contributed by atoms with Gasteiger partial charge in [-0.2, -0.15) is 0 Å². The van der Waals surface area contributed by atoms with Crippen molar-refractivity contribution in [1.29, 1.82) is 0 Å². The summed E-state index contributed by atoms with van der Waals surface area (Å²) in [6, 6.07) is 17.3. The number of esters is 1. The second-order valence-corrected chi connectivity index (χ2v) is 6.98. The molecule has 2 amide bonds. The van der Waals surface area contributed by atoms with E-state index in [1.165, 1.54) is 25.4 Å². The van der Waals surface area contributed by atoms with E-state index < -0.39 is 17.8 Å². The molecule has 0 unspecified atom stereocenters. The quantitative estimate of drug-likeness (QED) is 0.285. The number of hydrazine groups is 1. The predicted octanol–water partition coefficient (Wildman–Crippen LogP) is 3.03. The number of carbonyl (C=O) groups excluding carboxylic acids is 3. The highest BCUT2D eigenvalue weighted by molar-refractivity contribution is 5.99. The van der Waals surface area contributed by atoms with Crippen molar-refractivity contribution in [2.75, 3.05) is 26.9 Å². The summed E-state index contributed by atoms with van der Waals surface area (Å²) in [6.45, 7) is 3.63. The van der Waals surface area contributed by atoms with Crippen molar-refractivity contribution in [3.63, 3.8) is 0 Å². The van der Waals surface area contributed by atoms with Gasteiger partial charge in [-0.15, -0.1) is 0 Å². The number of hydrogen-bond acceptors (Lipinski definition) is 7. The van der Waals surface area contributed by atoms with Gasteiger partial charge in [0, 0.05) is 18.4 Å². The Kier molecular flexibility index (Phi) is 8.70. The van der Waals surface area contributed by atoms with Gasteiger partial charge in [0.25, 0.3) is 11.8 Å². The number of rotatable bonds is 9. The van der Waals surface area contributed by atoms with Crippen LogP contribution in [0.25, 0.3) is 11.1 Å². The zero-order chi connectivity index (χ0) is 24.3. The minimum atomic E-state index is -0.620. The highest BCUT2D eigenvalue weighted by Gasteiger charge is 2.12. The van der Waals surface area contributed by atoms with Gasteiger partial charge in [0.2, 0.25) is 0 Å². The van der Waals surface area contributed by atoms with Gasteiger partial charge < -0.3 is 14.2 Å². The lowest BCUT2D eigenvalue weighted by Gasteiger charge is -2.09. The van der Waals surface area contributed by atoms with Crippen molar-refractivity contribution in [2.45, 2.75) is 6.92 Å². The number of nitrogens with one attached hydrogen (secondary N) is 2. The molecule has 0 spiro atoms.